The maximum absolute atomic E-state index is 12.7. The number of halogens is 1. The van der Waals surface area contributed by atoms with Gasteiger partial charge >= 0.3 is 0 Å². The molecule has 1 fully saturated rings. The van der Waals surface area contributed by atoms with Crippen LogP contribution in [-0.4, -0.2) is 34.3 Å². The zero-order chi connectivity index (χ0) is 21.1. The molecule has 0 aliphatic carbocycles. The molecule has 1 aromatic heterocycles. The molecule has 9 heteroatoms. The van der Waals surface area contributed by atoms with Crippen molar-refractivity contribution in [3.05, 3.63) is 64.1 Å². The highest BCUT2D eigenvalue weighted by molar-refractivity contribution is 7.99. The molecule has 1 atom stereocenters. The molecule has 30 heavy (non-hydrogen) atoms. The summed E-state index contributed by atoms with van der Waals surface area (Å²) in [6.45, 7) is 2.58. The van der Waals surface area contributed by atoms with E-state index in [0.717, 1.165) is 21.3 Å². The molecule has 2 aromatic carbocycles. The fourth-order valence-electron chi connectivity index (χ4n) is 3.29. The third-order valence-corrected chi connectivity index (χ3v) is 6.91. The number of thioether (sulfide) groups is 1. The van der Waals surface area contributed by atoms with E-state index in [-0.39, 0.29) is 17.7 Å². The van der Waals surface area contributed by atoms with Crippen molar-refractivity contribution in [2.75, 3.05) is 22.5 Å². The fourth-order valence-corrected chi connectivity index (χ4v) is 5.05. The third kappa shape index (κ3) is 4.50. The predicted molar refractivity (Wildman–Crippen MR) is 122 cm³/mol. The number of rotatable bonds is 6. The Labute approximate surface area is 187 Å². The van der Waals surface area contributed by atoms with Gasteiger partial charge in [0.2, 0.25) is 11.0 Å². The predicted octanol–water partition coefficient (Wildman–Crippen LogP) is 5.08. The van der Waals surface area contributed by atoms with E-state index in [0.29, 0.717) is 28.7 Å². The summed E-state index contributed by atoms with van der Waals surface area (Å²) in [6, 6.07) is 14.7. The minimum absolute atomic E-state index is 0.0358. The van der Waals surface area contributed by atoms with Crippen molar-refractivity contribution in [2.45, 2.75) is 24.2 Å². The Bertz CT molecular complexity index is 1070. The van der Waals surface area contributed by atoms with Crippen molar-refractivity contribution in [1.82, 2.24) is 10.2 Å². The van der Waals surface area contributed by atoms with Gasteiger partial charge in [-0.3, -0.25) is 14.9 Å². The lowest BCUT2D eigenvalue weighted by Gasteiger charge is -2.16. The van der Waals surface area contributed by atoms with Crippen LogP contribution in [0, 0.1) is 0 Å². The first-order valence-corrected chi connectivity index (χ1v) is 11.7. The molecule has 154 valence electrons. The van der Waals surface area contributed by atoms with Gasteiger partial charge in [-0.25, -0.2) is 0 Å². The van der Waals surface area contributed by atoms with Gasteiger partial charge in [-0.1, -0.05) is 42.0 Å². The molecule has 0 saturated carbocycles. The third-order valence-electron chi connectivity index (χ3n) is 4.71. The van der Waals surface area contributed by atoms with E-state index < -0.39 is 0 Å². The smallest absolute Gasteiger partial charge is 0.258 e. The second-order valence-electron chi connectivity index (χ2n) is 6.71. The maximum Gasteiger partial charge on any atom is 0.258 e. The van der Waals surface area contributed by atoms with E-state index in [4.69, 9.17) is 11.6 Å². The summed E-state index contributed by atoms with van der Waals surface area (Å²) in [5.74, 6) is 0.653. The highest BCUT2D eigenvalue weighted by atomic mass is 35.5. The summed E-state index contributed by atoms with van der Waals surface area (Å²) < 4.78 is 0. The highest BCUT2D eigenvalue weighted by Gasteiger charge is 2.34. The summed E-state index contributed by atoms with van der Waals surface area (Å²) in [4.78, 5) is 27.9. The van der Waals surface area contributed by atoms with Gasteiger partial charge in [-0.2, -0.15) is 0 Å². The van der Waals surface area contributed by atoms with Crippen molar-refractivity contribution in [3.63, 3.8) is 0 Å². The lowest BCUT2D eigenvalue weighted by atomic mass is 10.1. The average Bonchev–Trinajstić information content (AvgIpc) is 3.36. The van der Waals surface area contributed by atoms with Crippen molar-refractivity contribution in [3.8, 4) is 0 Å². The minimum Gasteiger partial charge on any atom is -0.312 e. The number of nitrogens with zero attached hydrogens (tertiary/aromatic N) is 3. The molecule has 6 nitrogen and oxygen atoms in total. The van der Waals surface area contributed by atoms with Crippen LogP contribution in [0.2, 0.25) is 5.02 Å². The van der Waals surface area contributed by atoms with Crippen LogP contribution >= 0.6 is 34.7 Å². The second kappa shape index (κ2) is 9.16. The lowest BCUT2D eigenvalue weighted by molar-refractivity contribution is -0.117. The number of amides is 2. The van der Waals surface area contributed by atoms with Gasteiger partial charge < -0.3 is 4.90 Å². The first-order chi connectivity index (χ1) is 14.5. The van der Waals surface area contributed by atoms with Gasteiger partial charge in [0.25, 0.3) is 5.91 Å². The van der Waals surface area contributed by atoms with E-state index in [1.54, 1.807) is 34.9 Å². The Morgan fingerprint density at radius 2 is 2.00 bits per heavy atom. The molecule has 1 saturated heterocycles. The Kier molecular flexibility index (Phi) is 6.36. The minimum atomic E-state index is -0.209. The maximum atomic E-state index is 12.7. The number of anilines is 2. The molecule has 1 aliphatic heterocycles. The van der Waals surface area contributed by atoms with Gasteiger partial charge in [-0.05, 0) is 42.2 Å². The van der Waals surface area contributed by atoms with Gasteiger partial charge in [0.15, 0.2) is 0 Å². The van der Waals surface area contributed by atoms with Crippen LogP contribution in [0.5, 0.6) is 0 Å². The topological polar surface area (TPSA) is 75.2 Å². The number of aromatic nitrogens is 2. The van der Waals surface area contributed by atoms with Crippen molar-refractivity contribution in [1.29, 1.82) is 0 Å². The molecule has 3 aromatic rings. The van der Waals surface area contributed by atoms with E-state index in [1.807, 2.05) is 37.3 Å². The van der Waals surface area contributed by atoms with Gasteiger partial charge in [0.1, 0.15) is 5.01 Å². The van der Waals surface area contributed by atoms with Gasteiger partial charge in [-0.15, -0.1) is 22.0 Å². The number of hydrogen-bond donors (Lipinski definition) is 1. The van der Waals surface area contributed by atoms with Gasteiger partial charge in [0, 0.05) is 34.5 Å². The molecule has 0 spiro atoms. The summed E-state index contributed by atoms with van der Waals surface area (Å²) in [6.07, 6.45) is 0.362. The number of carbonyl (C=O) groups is 2. The van der Waals surface area contributed by atoms with Crippen LogP contribution in [-0.2, 0) is 4.79 Å². The summed E-state index contributed by atoms with van der Waals surface area (Å²) in [5.41, 5.74) is 1.43. The molecule has 1 aliphatic rings. The fraction of sp³-hybridized carbons (Fsp3) is 0.238. The molecule has 4 rings (SSSR count). The second-order valence-corrected chi connectivity index (χ2v) is 9.46. The molecule has 0 radical (unpaired) electrons. The van der Waals surface area contributed by atoms with Crippen LogP contribution in [0.4, 0.5) is 10.8 Å². The Morgan fingerprint density at radius 1 is 1.23 bits per heavy atom. The van der Waals surface area contributed by atoms with Crippen molar-refractivity contribution >= 4 is 57.3 Å². The van der Waals surface area contributed by atoms with Crippen LogP contribution in [0.25, 0.3) is 0 Å². The average molecular weight is 459 g/mol. The van der Waals surface area contributed by atoms with Crippen LogP contribution in [0.15, 0.2) is 53.4 Å². The normalized spacial score (nSPS) is 16.1. The van der Waals surface area contributed by atoms with Crippen LogP contribution in [0.3, 0.4) is 0 Å². The number of carbonyl (C=O) groups excluding carboxylic acids is 2. The SMILES string of the molecule is CCSc1ccccc1C(=O)Nc1nnc(C2CC(=O)N(c3ccc(Cl)cc3)C2)s1. The summed E-state index contributed by atoms with van der Waals surface area (Å²) in [5, 5.41) is 13.0. The largest absolute Gasteiger partial charge is 0.312 e. The van der Waals surface area contributed by atoms with Crippen molar-refractivity contribution < 1.29 is 9.59 Å². The summed E-state index contributed by atoms with van der Waals surface area (Å²) in [7, 11) is 0. The highest BCUT2D eigenvalue weighted by Crippen LogP contribution is 2.35. The Balaban J connectivity index is 1.45. The molecule has 2 heterocycles. The molecule has 2 amide bonds. The van der Waals surface area contributed by atoms with E-state index in [9.17, 15) is 9.59 Å². The molecular weight excluding hydrogens is 440 g/mol. The quantitative estimate of drug-likeness (QED) is 0.521. The van der Waals surface area contributed by atoms with E-state index in [2.05, 4.69) is 15.5 Å². The summed E-state index contributed by atoms with van der Waals surface area (Å²) >= 11 is 8.87. The van der Waals surface area contributed by atoms with E-state index in [1.165, 1.54) is 11.3 Å². The first kappa shape index (κ1) is 20.8. The lowest BCUT2D eigenvalue weighted by Crippen LogP contribution is -2.24. The van der Waals surface area contributed by atoms with Crippen LogP contribution in [0.1, 0.15) is 34.6 Å². The van der Waals surface area contributed by atoms with E-state index >= 15 is 0 Å². The molecule has 1 unspecified atom stereocenters. The standard InChI is InChI=1S/C21H19ClN4O2S2/c1-2-29-17-6-4-3-5-16(17)19(28)23-21-25-24-20(30-21)13-11-18(27)26(12-13)15-9-7-14(22)8-10-15/h3-10,13H,2,11-12H2,1H3,(H,23,25,28). The Hall–Kier alpha value is -2.42. The van der Waals surface area contributed by atoms with Gasteiger partial charge in [0.05, 0.1) is 5.56 Å². The first-order valence-electron chi connectivity index (χ1n) is 9.47. The number of nitrogens with one attached hydrogen (secondary N) is 1. The monoisotopic (exact) mass is 458 g/mol. The Morgan fingerprint density at radius 3 is 2.77 bits per heavy atom. The number of benzene rings is 2. The zero-order valence-electron chi connectivity index (χ0n) is 16.2. The molecular formula is C21H19ClN4O2S2. The number of hydrogen-bond acceptors (Lipinski definition) is 6. The van der Waals surface area contributed by atoms with Crippen molar-refractivity contribution in [2.24, 2.45) is 0 Å². The van der Waals surface area contributed by atoms with Crippen LogP contribution < -0.4 is 10.2 Å². The molecule has 1 N–H and O–H groups in total. The molecule has 0 bridgehead atoms. The zero-order valence-corrected chi connectivity index (χ0v) is 18.6.